The highest BCUT2D eigenvalue weighted by atomic mass is 31.2. The minimum atomic E-state index is -3.52. The van der Waals surface area contributed by atoms with E-state index < -0.39 is 26.8 Å². The van der Waals surface area contributed by atoms with E-state index in [9.17, 15) is 9.13 Å². The number of rotatable bonds is 16. The number of hydrogen-bond donors (Lipinski definition) is 0. The molecule has 4 fully saturated rings. The molecule has 4 bridgehead atoms. The van der Waals surface area contributed by atoms with E-state index in [1.165, 1.54) is 12.8 Å². The van der Waals surface area contributed by atoms with Crippen molar-refractivity contribution in [2.24, 2.45) is 43.5 Å². The highest BCUT2D eigenvalue weighted by molar-refractivity contribution is 7.55. The second-order valence-electron chi connectivity index (χ2n) is 14.8. The van der Waals surface area contributed by atoms with E-state index in [-0.39, 0.29) is 21.7 Å². The number of fused-ring (bicyclic) bond motifs is 4. The first-order chi connectivity index (χ1) is 20.1. The molecule has 0 saturated heterocycles. The van der Waals surface area contributed by atoms with Crippen LogP contribution >= 0.6 is 15.2 Å². The molecule has 4 saturated carbocycles. The average Bonchev–Trinajstić information content (AvgIpc) is 3.44. The van der Waals surface area contributed by atoms with Crippen molar-refractivity contribution in [1.29, 1.82) is 0 Å². The van der Waals surface area contributed by atoms with Gasteiger partial charge in [-0.05, 0) is 108 Å². The van der Waals surface area contributed by atoms with Gasteiger partial charge in [0.2, 0.25) is 0 Å². The Morgan fingerprint density at radius 2 is 0.977 bits per heavy atom. The minimum Gasteiger partial charge on any atom is -0.307 e. The minimum absolute atomic E-state index is 0.0165. The van der Waals surface area contributed by atoms with Crippen LogP contribution < -0.4 is 0 Å². The lowest BCUT2D eigenvalue weighted by molar-refractivity contribution is 0.192. The number of nitrogens with zero attached hydrogens (tertiary/aromatic N) is 2. The van der Waals surface area contributed by atoms with Gasteiger partial charge in [-0.15, -0.1) is 0 Å². The Balaban J connectivity index is 1.64. The molecule has 43 heavy (non-hydrogen) atoms. The molecule has 248 valence electrons. The van der Waals surface area contributed by atoms with E-state index in [0.29, 0.717) is 57.5 Å². The van der Waals surface area contributed by atoms with Crippen molar-refractivity contribution in [2.45, 2.75) is 139 Å². The molecule has 0 aromatic carbocycles. The van der Waals surface area contributed by atoms with Crippen molar-refractivity contribution in [3.05, 3.63) is 0 Å². The third-order valence-corrected chi connectivity index (χ3v) is 17.2. The maximum atomic E-state index is 14.2. The predicted octanol–water partition coefficient (Wildman–Crippen LogP) is 9.92. The van der Waals surface area contributed by atoms with Crippen LogP contribution in [0.4, 0.5) is 0 Å². The summed E-state index contributed by atoms with van der Waals surface area (Å²) in [7, 11) is -7.05. The van der Waals surface area contributed by atoms with Gasteiger partial charge in [0.15, 0.2) is 11.6 Å². The molecule has 0 aromatic heterocycles. The van der Waals surface area contributed by atoms with Crippen LogP contribution in [0.2, 0.25) is 0 Å². The molecule has 0 aromatic rings. The Hall–Kier alpha value is -0.360. The summed E-state index contributed by atoms with van der Waals surface area (Å²) in [5, 5.41) is 0. The molecular formula is C33H60N2O6P2. The van der Waals surface area contributed by atoms with Crippen molar-refractivity contribution in [1.82, 2.24) is 0 Å². The van der Waals surface area contributed by atoms with Crippen LogP contribution in [-0.4, -0.2) is 49.4 Å². The zero-order valence-electron chi connectivity index (χ0n) is 28.7. The molecule has 0 aliphatic heterocycles. The summed E-state index contributed by atoms with van der Waals surface area (Å²) in [5.41, 5.74) is 2.59. The Labute approximate surface area is 262 Å². The molecule has 0 N–H and O–H groups in total. The van der Waals surface area contributed by atoms with Gasteiger partial charge in [0.25, 0.3) is 0 Å². The fourth-order valence-corrected chi connectivity index (χ4v) is 12.7. The molecule has 2 unspecified atom stereocenters. The van der Waals surface area contributed by atoms with Crippen molar-refractivity contribution in [3.63, 3.8) is 0 Å². The Morgan fingerprint density at radius 1 is 0.651 bits per heavy atom. The van der Waals surface area contributed by atoms with Crippen molar-refractivity contribution < 1.29 is 27.2 Å². The molecule has 4 rings (SSSR count). The van der Waals surface area contributed by atoms with E-state index in [2.05, 4.69) is 41.5 Å². The van der Waals surface area contributed by atoms with E-state index in [0.717, 1.165) is 37.1 Å². The van der Waals surface area contributed by atoms with Crippen LogP contribution in [0, 0.1) is 33.5 Å². The van der Waals surface area contributed by atoms with Gasteiger partial charge in [0.05, 0.1) is 26.4 Å². The van der Waals surface area contributed by atoms with Crippen LogP contribution in [0.25, 0.3) is 0 Å². The first-order valence-corrected chi connectivity index (χ1v) is 20.2. The van der Waals surface area contributed by atoms with Gasteiger partial charge in [-0.2, -0.15) is 0 Å². The van der Waals surface area contributed by atoms with Gasteiger partial charge >= 0.3 is 15.2 Å². The predicted molar refractivity (Wildman–Crippen MR) is 176 cm³/mol. The van der Waals surface area contributed by atoms with Gasteiger partial charge in [-0.1, -0.05) is 41.5 Å². The first kappa shape index (κ1) is 35.5. The maximum Gasteiger partial charge on any atom is 0.354 e. The lowest BCUT2D eigenvalue weighted by Gasteiger charge is -2.36. The van der Waals surface area contributed by atoms with Crippen LogP contribution in [0.3, 0.4) is 0 Å². The van der Waals surface area contributed by atoms with Crippen LogP contribution in [0.5, 0.6) is 0 Å². The Kier molecular flexibility index (Phi) is 10.8. The highest BCUT2D eigenvalue weighted by Crippen LogP contribution is 2.67. The standard InChI is InChI=1S/C33H60N2O6P2/c1-11-38-42(36,39-12-2)28(34-26-22-24-18-20-32(26,9)30(24,5)6)16-15-17-29(43(37,40-13-3)41-14-4)35-27-23-25-19-21-33(27,10)31(25,7)8/h24-25,28-29H,11-23H2,1-10H3/b34-26+,35-27+/t24-,25-,28?,29?,32+,33+/m0/s1. The third-order valence-electron chi connectivity index (χ3n) is 12.5. The first-order valence-electron chi connectivity index (χ1n) is 17.0. The van der Waals surface area contributed by atoms with Crippen molar-refractivity contribution in [3.8, 4) is 0 Å². The second kappa shape index (κ2) is 13.0. The number of aliphatic imine (C=N–C) groups is 2. The van der Waals surface area contributed by atoms with Crippen LogP contribution in [-0.2, 0) is 27.2 Å². The lowest BCUT2D eigenvalue weighted by Crippen LogP contribution is -2.33. The summed E-state index contributed by atoms with van der Waals surface area (Å²) in [6.07, 6.45) is 8.10. The van der Waals surface area contributed by atoms with Gasteiger partial charge in [-0.3, -0.25) is 19.1 Å². The van der Waals surface area contributed by atoms with Gasteiger partial charge in [-0.25, -0.2) is 0 Å². The van der Waals surface area contributed by atoms with E-state index in [4.69, 9.17) is 28.1 Å². The second-order valence-corrected chi connectivity index (χ2v) is 19.2. The van der Waals surface area contributed by atoms with E-state index in [1.807, 2.05) is 27.7 Å². The maximum absolute atomic E-state index is 14.2. The average molecular weight is 643 g/mol. The molecule has 0 radical (unpaired) electrons. The molecular weight excluding hydrogens is 582 g/mol. The zero-order valence-corrected chi connectivity index (χ0v) is 30.5. The summed E-state index contributed by atoms with van der Waals surface area (Å²) >= 11 is 0. The fourth-order valence-electron chi connectivity index (χ4n) is 8.82. The van der Waals surface area contributed by atoms with Gasteiger partial charge in [0, 0.05) is 22.3 Å². The summed E-state index contributed by atoms with van der Waals surface area (Å²) in [5.74, 6) is -0.0435. The zero-order chi connectivity index (χ0) is 31.9. The Bertz CT molecular complexity index is 1060. The monoisotopic (exact) mass is 642 g/mol. The van der Waals surface area contributed by atoms with Gasteiger partial charge in [0.1, 0.15) is 0 Å². The molecule has 0 heterocycles. The van der Waals surface area contributed by atoms with Gasteiger partial charge < -0.3 is 18.1 Å². The smallest absolute Gasteiger partial charge is 0.307 e. The summed E-state index contributed by atoms with van der Waals surface area (Å²) in [6, 6.07) is 0. The summed E-state index contributed by atoms with van der Waals surface area (Å²) in [6.45, 7) is 22.6. The fraction of sp³-hybridized carbons (Fsp3) is 0.939. The van der Waals surface area contributed by atoms with E-state index in [1.54, 1.807) is 0 Å². The van der Waals surface area contributed by atoms with E-state index >= 15 is 0 Å². The Morgan fingerprint density at radius 3 is 1.21 bits per heavy atom. The van der Waals surface area contributed by atoms with Crippen LogP contribution in [0.1, 0.15) is 127 Å². The molecule has 4 aliphatic rings. The van der Waals surface area contributed by atoms with Crippen molar-refractivity contribution >= 4 is 26.6 Å². The largest absolute Gasteiger partial charge is 0.354 e. The third kappa shape index (κ3) is 6.09. The summed E-state index contributed by atoms with van der Waals surface area (Å²) in [4.78, 5) is 10.5. The molecule has 4 aliphatic carbocycles. The molecule has 10 heteroatoms. The lowest BCUT2D eigenvalue weighted by atomic mass is 9.70. The molecule has 0 amide bonds. The number of hydrogen-bond acceptors (Lipinski definition) is 8. The highest BCUT2D eigenvalue weighted by Gasteiger charge is 2.61. The normalized spacial score (nSPS) is 34.5. The van der Waals surface area contributed by atoms with Crippen molar-refractivity contribution in [2.75, 3.05) is 26.4 Å². The topological polar surface area (TPSA) is 95.8 Å². The SMILES string of the molecule is CCOP(=O)(OCC)C(CCCC(/N=C1\C[C@@H]2CC[C@@]1(C)C2(C)C)P(=O)(OCC)OCC)/N=C1\C[C@@H]2CC[C@@]1(C)C2(C)C. The summed E-state index contributed by atoms with van der Waals surface area (Å²) < 4.78 is 52.0. The molecule has 6 atom stereocenters. The van der Waals surface area contributed by atoms with Crippen LogP contribution in [0.15, 0.2) is 9.98 Å². The molecule has 0 spiro atoms. The quantitative estimate of drug-likeness (QED) is 0.156. The molecule has 8 nitrogen and oxygen atoms in total.